The number of hydrogen-bond donors (Lipinski definition) is 0. The lowest BCUT2D eigenvalue weighted by Crippen LogP contribution is -2.30. The molecule has 1 aliphatic rings. The maximum Gasteiger partial charge on any atom is 0.416 e. The molecule has 22 heavy (non-hydrogen) atoms. The Kier molecular flexibility index (Phi) is 3.39. The van der Waals surface area contributed by atoms with Crippen LogP contribution in [0.15, 0.2) is 35.1 Å². The number of fused-ring (bicyclic) bond motifs is 1. The molecular weight excluding hydrogens is 321 g/mol. The lowest BCUT2D eigenvalue weighted by molar-refractivity contribution is -0.138. The van der Waals surface area contributed by atoms with E-state index in [0.717, 1.165) is 10.4 Å². The van der Waals surface area contributed by atoms with Crippen LogP contribution < -0.4 is 4.31 Å². The van der Waals surface area contributed by atoms with Crippen molar-refractivity contribution in [2.75, 3.05) is 10.8 Å². The Morgan fingerprint density at radius 2 is 2.05 bits per heavy atom. The van der Waals surface area contributed by atoms with Crippen LogP contribution in [0.2, 0.25) is 0 Å². The molecule has 0 atom stereocenters. The number of aromatic nitrogens is 1. The molecule has 0 fully saturated rings. The Balaban J connectivity index is 1.98. The molecule has 1 aromatic carbocycles. The number of alkyl halides is 3. The van der Waals surface area contributed by atoms with Crippen molar-refractivity contribution >= 4 is 15.7 Å². The largest absolute Gasteiger partial charge is 0.416 e. The van der Waals surface area contributed by atoms with Crippen LogP contribution >= 0.6 is 0 Å². The SMILES string of the molecule is O=S(=O)(Cc1ccon1)N1CCc2c1cccc2C(F)(F)F. The molecule has 0 amide bonds. The molecule has 0 N–H and O–H groups in total. The maximum atomic E-state index is 13.0. The first-order chi connectivity index (χ1) is 10.3. The zero-order valence-corrected chi connectivity index (χ0v) is 12.0. The highest BCUT2D eigenvalue weighted by Crippen LogP contribution is 2.40. The molecule has 0 saturated carbocycles. The summed E-state index contributed by atoms with van der Waals surface area (Å²) in [6, 6.07) is 4.97. The van der Waals surface area contributed by atoms with Crippen molar-refractivity contribution in [2.24, 2.45) is 0 Å². The van der Waals surface area contributed by atoms with E-state index in [1.165, 1.54) is 24.5 Å². The van der Waals surface area contributed by atoms with Crippen molar-refractivity contribution in [2.45, 2.75) is 18.3 Å². The van der Waals surface area contributed by atoms with Crippen molar-refractivity contribution in [3.63, 3.8) is 0 Å². The fourth-order valence-corrected chi connectivity index (χ4v) is 4.05. The maximum absolute atomic E-state index is 13.0. The number of rotatable bonds is 3. The van der Waals surface area contributed by atoms with E-state index >= 15 is 0 Å². The summed E-state index contributed by atoms with van der Waals surface area (Å²) in [5.41, 5.74) is -0.485. The number of halogens is 3. The molecule has 2 aromatic rings. The first-order valence-corrected chi connectivity index (χ1v) is 7.99. The molecule has 1 aromatic heterocycles. The topological polar surface area (TPSA) is 63.4 Å². The van der Waals surface area contributed by atoms with Gasteiger partial charge in [0.15, 0.2) is 0 Å². The summed E-state index contributed by atoms with van der Waals surface area (Å²) >= 11 is 0. The van der Waals surface area contributed by atoms with E-state index < -0.39 is 27.5 Å². The zero-order chi connectivity index (χ0) is 16.0. The average molecular weight is 332 g/mol. The second-order valence-corrected chi connectivity index (χ2v) is 6.76. The van der Waals surface area contributed by atoms with E-state index in [1.54, 1.807) is 0 Å². The van der Waals surface area contributed by atoms with Crippen LogP contribution in [0.1, 0.15) is 16.8 Å². The normalized spacial score (nSPS) is 15.1. The number of benzene rings is 1. The lowest BCUT2D eigenvalue weighted by Gasteiger charge is -2.19. The van der Waals surface area contributed by atoms with Gasteiger partial charge in [0.25, 0.3) is 0 Å². The number of hydrogen-bond acceptors (Lipinski definition) is 4. The van der Waals surface area contributed by atoms with Gasteiger partial charge in [-0.2, -0.15) is 13.2 Å². The van der Waals surface area contributed by atoms with Gasteiger partial charge in [-0.25, -0.2) is 8.42 Å². The van der Waals surface area contributed by atoms with Crippen LogP contribution in [0.4, 0.5) is 18.9 Å². The highest BCUT2D eigenvalue weighted by atomic mass is 32.2. The molecule has 118 valence electrons. The van der Waals surface area contributed by atoms with Gasteiger partial charge in [-0.1, -0.05) is 11.2 Å². The van der Waals surface area contributed by atoms with Gasteiger partial charge in [-0.3, -0.25) is 4.31 Å². The van der Waals surface area contributed by atoms with Gasteiger partial charge < -0.3 is 4.52 Å². The predicted molar refractivity (Wildman–Crippen MR) is 71.6 cm³/mol. The lowest BCUT2D eigenvalue weighted by atomic mass is 10.0. The molecule has 1 aliphatic heterocycles. The van der Waals surface area contributed by atoms with E-state index in [2.05, 4.69) is 9.68 Å². The Bertz CT molecular complexity index is 785. The highest BCUT2D eigenvalue weighted by molar-refractivity contribution is 7.92. The predicted octanol–water partition coefficient (Wildman–Crippen LogP) is 2.59. The van der Waals surface area contributed by atoms with Crippen LogP contribution in [0.3, 0.4) is 0 Å². The molecular formula is C13H11F3N2O3S. The molecule has 0 aliphatic carbocycles. The van der Waals surface area contributed by atoms with E-state index in [0.29, 0.717) is 0 Å². The first-order valence-electron chi connectivity index (χ1n) is 6.38. The molecule has 9 heteroatoms. The van der Waals surface area contributed by atoms with Crippen LogP contribution in [0.25, 0.3) is 0 Å². The van der Waals surface area contributed by atoms with Gasteiger partial charge in [-0.05, 0) is 24.1 Å². The molecule has 0 radical (unpaired) electrons. The van der Waals surface area contributed by atoms with Crippen LogP contribution in [0, 0.1) is 0 Å². The van der Waals surface area contributed by atoms with Crippen LogP contribution in [-0.2, 0) is 28.4 Å². The van der Waals surface area contributed by atoms with Crippen molar-refractivity contribution in [3.8, 4) is 0 Å². The zero-order valence-electron chi connectivity index (χ0n) is 11.2. The minimum atomic E-state index is -4.50. The fraction of sp³-hybridized carbons (Fsp3) is 0.308. The molecule has 3 rings (SSSR count). The van der Waals surface area contributed by atoms with Crippen molar-refractivity contribution in [1.82, 2.24) is 5.16 Å². The van der Waals surface area contributed by atoms with E-state index in [9.17, 15) is 21.6 Å². The third-order valence-electron chi connectivity index (χ3n) is 3.45. The van der Waals surface area contributed by atoms with Crippen molar-refractivity contribution < 1.29 is 26.1 Å². The molecule has 0 unspecified atom stereocenters. The molecule has 0 spiro atoms. The number of sulfonamides is 1. The molecule has 5 nitrogen and oxygen atoms in total. The smallest absolute Gasteiger partial charge is 0.364 e. The van der Waals surface area contributed by atoms with Gasteiger partial charge in [0.2, 0.25) is 10.0 Å². The summed E-state index contributed by atoms with van der Waals surface area (Å²) in [5.74, 6) is -0.417. The third-order valence-corrected chi connectivity index (χ3v) is 5.16. The Hall–Kier alpha value is -2.03. The quantitative estimate of drug-likeness (QED) is 0.867. The summed E-state index contributed by atoms with van der Waals surface area (Å²) in [6.45, 7) is -0.0113. The minimum absolute atomic E-state index is 0.0113. The number of anilines is 1. The van der Waals surface area contributed by atoms with Gasteiger partial charge >= 0.3 is 6.18 Å². The Morgan fingerprint density at radius 3 is 2.68 bits per heavy atom. The molecule has 2 heterocycles. The van der Waals surface area contributed by atoms with Crippen molar-refractivity contribution in [3.05, 3.63) is 47.3 Å². The first kappa shape index (κ1) is 14.9. The van der Waals surface area contributed by atoms with Crippen LogP contribution in [0.5, 0.6) is 0 Å². The van der Waals surface area contributed by atoms with E-state index in [4.69, 9.17) is 0 Å². The monoisotopic (exact) mass is 332 g/mol. The summed E-state index contributed by atoms with van der Waals surface area (Å²) in [5, 5.41) is 3.52. The Labute approximate surface area is 124 Å². The second kappa shape index (κ2) is 5.01. The van der Waals surface area contributed by atoms with Gasteiger partial charge in [0.1, 0.15) is 17.7 Å². The second-order valence-electron chi connectivity index (χ2n) is 4.87. The molecule has 0 bridgehead atoms. The van der Waals surface area contributed by atoms with Crippen molar-refractivity contribution in [1.29, 1.82) is 0 Å². The summed E-state index contributed by atoms with van der Waals surface area (Å²) in [7, 11) is -3.82. The van der Waals surface area contributed by atoms with Gasteiger partial charge in [-0.15, -0.1) is 0 Å². The Morgan fingerprint density at radius 1 is 1.27 bits per heavy atom. The van der Waals surface area contributed by atoms with Gasteiger partial charge in [0.05, 0.1) is 11.3 Å². The summed E-state index contributed by atoms with van der Waals surface area (Å²) in [4.78, 5) is 0. The van der Waals surface area contributed by atoms with Crippen LogP contribution in [-0.4, -0.2) is 20.1 Å². The van der Waals surface area contributed by atoms with Gasteiger partial charge in [0, 0.05) is 12.6 Å². The highest BCUT2D eigenvalue weighted by Gasteiger charge is 2.39. The third kappa shape index (κ3) is 2.56. The molecule has 0 saturated heterocycles. The average Bonchev–Trinajstić information content (AvgIpc) is 3.04. The summed E-state index contributed by atoms with van der Waals surface area (Å²) < 4.78 is 69.3. The van der Waals surface area contributed by atoms with E-state index in [-0.39, 0.29) is 29.9 Å². The van der Waals surface area contributed by atoms with E-state index in [1.807, 2.05) is 0 Å². The minimum Gasteiger partial charge on any atom is -0.364 e. The summed E-state index contributed by atoms with van der Waals surface area (Å²) in [6.07, 6.45) is -3.23. The standard InChI is InChI=1S/C13H11F3N2O3S/c14-13(15,16)11-2-1-3-12-10(11)4-6-18(12)22(19,20)8-9-5-7-21-17-9/h1-3,5,7H,4,6,8H2. The fourth-order valence-electron chi connectivity index (χ4n) is 2.54. The number of nitrogens with zero attached hydrogens (tertiary/aromatic N) is 2.